The Hall–Kier alpha value is -0.930. The molecule has 0 spiro atoms. The third-order valence-corrected chi connectivity index (χ3v) is 3.78. The molecule has 0 radical (unpaired) electrons. The van der Waals surface area contributed by atoms with Crippen LogP contribution in [0.15, 0.2) is 24.3 Å². The highest BCUT2D eigenvalue weighted by molar-refractivity contribution is 5.21. The van der Waals surface area contributed by atoms with Crippen LogP contribution in [0.4, 0.5) is 4.39 Å². The molecule has 1 aromatic carbocycles. The standard InChI is InChI=1S/C16H27FN2/c1-5-13(3)11-19(6-2)12-16(18-4)14-9-7-8-10-15(14)17/h7-10,13,16,18H,5-6,11-12H2,1-4H3. The van der Waals surface area contributed by atoms with Crippen molar-refractivity contribution in [2.75, 3.05) is 26.7 Å². The van der Waals surface area contributed by atoms with Crippen LogP contribution in [0.3, 0.4) is 0 Å². The molecule has 0 fully saturated rings. The molecule has 0 saturated heterocycles. The second kappa shape index (κ2) is 8.28. The van der Waals surface area contributed by atoms with E-state index in [4.69, 9.17) is 0 Å². The molecule has 2 unspecified atom stereocenters. The third kappa shape index (κ3) is 4.92. The van der Waals surface area contributed by atoms with Crippen LogP contribution in [0.1, 0.15) is 38.8 Å². The Morgan fingerprint density at radius 3 is 2.42 bits per heavy atom. The van der Waals surface area contributed by atoms with Gasteiger partial charge >= 0.3 is 0 Å². The van der Waals surface area contributed by atoms with Crippen molar-refractivity contribution in [3.63, 3.8) is 0 Å². The van der Waals surface area contributed by atoms with Gasteiger partial charge in [0.1, 0.15) is 5.82 Å². The van der Waals surface area contributed by atoms with E-state index in [-0.39, 0.29) is 11.9 Å². The van der Waals surface area contributed by atoms with Crippen molar-refractivity contribution in [2.24, 2.45) is 5.92 Å². The fraction of sp³-hybridized carbons (Fsp3) is 0.625. The highest BCUT2D eigenvalue weighted by Crippen LogP contribution is 2.18. The maximum Gasteiger partial charge on any atom is 0.128 e. The minimum absolute atomic E-state index is 0.0465. The predicted molar refractivity (Wildman–Crippen MR) is 79.8 cm³/mol. The number of likely N-dealkylation sites (N-methyl/N-ethyl adjacent to an activating group) is 2. The minimum atomic E-state index is -0.124. The van der Waals surface area contributed by atoms with E-state index in [1.165, 1.54) is 12.5 Å². The Balaban J connectivity index is 2.72. The van der Waals surface area contributed by atoms with Gasteiger partial charge in [-0.1, -0.05) is 45.4 Å². The molecule has 1 aromatic rings. The maximum atomic E-state index is 13.9. The van der Waals surface area contributed by atoms with Gasteiger partial charge in [0.25, 0.3) is 0 Å². The van der Waals surface area contributed by atoms with E-state index in [9.17, 15) is 4.39 Å². The molecule has 0 aromatic heterocycles. The SMILES string of the molecule is CCC(C)CN(CC)CC(NC)c1ccccc1F. The van der Waals surface area contributed by atoms with Gasteiger partial charge in [-0.2, -0.15) is 0 Å². The molecule has 0 amide bonds. The topological polar surface area (TPSA) is 15.3 Å². The highest BCUT2D eigenvalue weighted by atomic mass is 19.1. The number of halogens is 1. The quantitative estimate of drug-likeness (QED) is 0.775. The lowest BCUT2D eigenvalue weighted by atomic mass is 10.0. The van der Waals surface area contributed by atoms with E-state index in [1.54, 1.807) is 6.07 Å². The van der Waals surface area contributed by atoms with Crippen LogP contribution >= 0.6 is 0 Å². The Kier molecular flexibility index (Phi) is 7.03. The number of benzene rings is 1. The molecular weight excluding hydrogens is 239 g/mol. The van der Waals surface area contributed by atoms with Gasteiger partial charge in [0, 0.05) is 24.7 Å². The summed E-state index contributed by atoms with van der Waals surface area (Å²) in [6, 6.07) is 7.08. The van der Waals surface area contributed by atoms with Crippen molar-refractivity contribution in [3.05, 3.63) is 35.6 Å². The molecule has 2 nitrogen and oxygen atoms in total. The Bertz CT molecular complexity index is 368. The van der Waals surface area contributed by atoms with Crippen LogP contribution in [0, 0.1) is 11.7 Å². The van der Waals surface area contributed by atoms with Gasteiger partial charge < -0.3 is 10.2 Å². The van der Waals surface area contributed by atoms with E-state index < -0.39 is 0 Å². The largest absolute Gasteiger partial charge is 0.312 e. The van der Waals surface area contributed by atoms with Crippen LogP contribution in [0.2, 0.25) is 0 Å². The Morgan fingerprint density at radius 1 is 1.21 bits per heavy atom. The van der Waals surface area contributed by atoms with Gasteiger partial charge in [-0.05, 0) is 25.6 Å². The molecular formula is C16H27FN2. The summed E-state index contributed by atoms with van der Waals surface area (Å²) in [6.45, 7) is 9.55. The van der Waals surface area contributed by atoms with Gasteiger partial charge in [-0.3, -0.25) is 0 Å². The zero-order valence-corrected chi connectivity index (χ0v) is 12.6. The van der Waals surface area contributed by atoms with Gasteiger partial charge in [-0.15, -0.1) is 0 Å². The monoisotopic (exact) mass is 266 g/mol. The summed E-state index contributed by atoms with van der Waals surface area (Å²) in [5.74, 6) is 0.555. The zero-order chi connectivity index (χ0) is 14.3. The van der Waals surface area contributed by atoms with Crippen LogP contribution in [0.5, 0.6) is 0 Å². The van der Waals surface area contributed by atoms with Crippen molar-refractivity contribution in [1.82, 2.24) is 10.2 Å². The predicted octanol–water partition coefficient (Wildman–Crippen LogP) is 3.45. The average molecular weight is 266 g/mol. The molecule has 19 heavy (non-hydrogen) atoms. The summed E-state index contributed by atoms with van der Waals surface area (Å²) >= 11 is 0. The summed E-state index contributed by atoms with van der Waals surface area (Å²) in [6.07, 6.45) is 1.18. The number of rotatable bonds is 8. The molecule has 0 aliphatic carbocycles. The van der Waals surface area contributed by atoms with E-state index in [2.05, 4.69) is 31.0 Å². The molecule has 0 heterocycles. The first-order valence-corrected chi connectivity index (χ1v) is 7.26. The first kappa shape index (κ1) is 16.1. The van der Waals surface area contributed by atoms with Gasteiger partial charge in [-0.25, -0.2) is 4.39 Å². The fourth-order valence-electron chi connectivity index (χ4n) is 2.26. The highest BCUT2D eigenvalue weighted by Gasteiger charge is 2.17. The molecule has 3 heteroatoms. The Morgan fingerprint density at radius 2 is 1.89 bits per heavy atom. The van der Waals surface area contributed by atoms with E-state index in [1.807, 2.05) is 19.2 Å². The number of hydrogen-bond acceptors (Lipinski definition) is 2. The van der Waals surface area contributed by atoms with Gasteiger partial charge in [0.05, 0.1) is 0 Å². The van der Waals surface area contributed by atoms with Crippen molar-refractivity contribution in [2.45, 2.75) is 33.2 Å². The summed E-state index contributed by atoms with van der Waals surface area (Å²) in [5, 5.41) is 3.23. The van der Waals surface area contributed by atoms with Crippen molar-refractivity contribution < 1.29 is 4.39 Å². The molecule has 2 atom stereocenters. The lowest BCUT2D eigenvalue weighted by molar-refractivity contribution is 0.222. The number of hydrogen-bond donors (Lipinski definition) is 1. The zero-order valence-electron chi connectivity index (χ0n) is 12.6. The molecule has 0 aliphatic heterocycles. The lowest BCUT2D eigenvalue weighted by Gasteiger charge is -2.28. The molecule has 108 valence electrons. The van der Waals surface area contributed by atoms with Crippen molar-refractivity contribution >= 4 is 0 Å². The normalized spacial score (nSPS) is 14.6. The molecule has 1 rings (SSSR count). The molecule has 0 saturated carbocycles. The molecule has 0 aliphatic rings. The average Bonchev–Trinajstić information content (AvgIpc) is 2.44. The summed E-state index contributed by atoms with van der Waals surface area (Å²) < 4.78 is 13.9. The molecule has 0 bridgehead atoms. The van der Waals surface area contributed by atoms with Crippen LogP contribution in [-0.2, 0) is 0 Å². The van der Waals surface area contributed by atoms with E-state index >= 15 is 0 Å². The Labute approximate surface area is 117 Å². The van der Waals surface area contributed by atoms with Crippen molar-refractivity contribution in [1.29, 1.82) is 0 Å². The number of nitrogens with zero attached hydrogens (tertiary/aromatic N) is 1. The van der Waals surface area contributed by atoms with Crippen molar-refractivity contribution in [3.8, 4) is 0 Å². The number of nitrogens with one attached hydrogen (secondary N) is 1. The van der Waals surface area contributed by atoms with Crippen LogP contribution in [0.25, 0.3) is 0 Å². The van der Waals surface area contributed by atoms with Gasteiger partial charge in [0.15, 0.2) is 0 Å². The second-order valence-electron chi connectivity index (χ2n) is 5.23. The van der Waals surface area contributed by atoms with Crippen LogP contribution < -0.4 is 5.32 Å². The van der Waals surface area contributed by atoms with E-state index in [0.717, 1.165) is 25.2 Å². The second-order valence-corrected chi connectivity index (χ2v) is 5.23. The lowest BCUT2D eigenvalue weighted by Crippen LogP contribution is -2.36. The minimum Gasteiger partial charge on any atom is -0.312 e. The molecule has 1 N–H and O–H groups in total. The summed E-state index contributed by atoms with van der Waals surface area (Å²) in [5.41, 5.74) is 0.757. The van der Waals surface area contributed by atoms with Crippen LogP contribution in [-0.4, -0.2) is 31.6 Å². The fourth-order valence-corrected chi connectivity index (χ4v) is 2.26. The third-order valence-electron chi connectivity index (χ3n) is 3.78. The first-order valence-electron chi connectivity index (χ1n) is 7.26. The summed E-state index contributed by atoms with van der Waals surface area (Å²) in [7, 11) is 1.90. The maximum absolute atomic E-state index is 13.9. The van der Waals surface area contributed by atoms with Gasteiger partial charge in [0.2, 0.25) is 0 Å². The smallest absolute Gasteiger partial charge is 0.128 e. The van der Waals surface area contributed by atoms with E-state index in [0.29, 0.717) is 5.92 Å². The first-order chi connectivity index (χ1) is 9.12. The summed E-state index contributed by atoms with van der Waals surface area (Å²) in [4.78, 5) is 2.39.